The van der Waals surface area contributed by atoms with Crippen LogP contribution in [0.25, 0.3) is 5.65 Å². The first-order valence-electron chi connectivity index (χ1n) is 9.50. The first-order valence-corrected chi connectivity index (χ1v) is 9.50. The number of hydrogen-bond donors (Lipinski definition) is 1. The Kier molecular flexibility index (Phi) is 4.30. The number of aromatic nitrogens is 4. The fourth-order valence-electron chi connectivity index (χ4n) is 3.85. The number of hydrogen-bond acceptors (Lipinski definition) is 6. The lowest BCUT2D eigenvalue weighted by Crippen LogP contribution is -2.55. The van der Waals surface area contributed by atoms with E-state index in [-0.39, 0.29) is 12.0 Å². The van der Waals surface area contributed by atoms with Gasteiger partial charge in [-0.05, 0) is 19.0 Å². The molecule has 0 unspecified atom stereocenters. The number of alkyl halides is 3. The van der Waals surface area contributed by atoms with E-state index in [0.29, 0.717) is 13.1 Å². The van der Waals surface area contributed by atoms with E-state index in [9.17, 15) is 13.2 Å². The molecule has 152 valence electrons. The van der Waals surface area contributed by atoms with Gasteiger partial charge in [0.15, 0.2) is 5.65 Å². The summed E-state index contributed by atoms with van der Waals surface area (Å²) in [5.74, 6) is 0.988. The molecule has 0 bridgehead atoms. The SMILES string of the molecule is FC(F)(F)c1ccnc(OC2CN(c3c4c(nc5ccnn35)CCNCC4)C2)c1. The zero-order chi connectivity index (χ0) is 20.0. The topological polar surface area (TPSA) is 67.6 Å². The van der Waals surface area contributed by atoms with E-state index in [1.807, 2.05) is 10.6 Å². The van der Waals surface area contributed by atoms with Crippen molar-refractivity contribution in [3.63, 3.8) is 0 Å². The Hall–Kier alpha value is -2.88. The zero-order valence-corrected chi connectivity index (χ0v) is 15.5. The average Bonchev–Trinajstić information content (AvgIpc) is 2.99. The third-order valence-electron chi connectivity index (χ3n) is 5.28. The third-order valence-corrected chi connectivity index (χ3v) is 5.28. The number of rotatable bonds is 3. The molecule has 1 fully saturated rings. The highest BCUT2D eigenvalue weighted by molar-refractivity contribution is 5.59. The minimum absolute atomic E-state index is 0.00790. The highest BCUT2D eigenvalue weighted by Gasteiger charge is 2.35. The molecule has 0 spiro atoms. The summed E-state index contributed by atoms with van der Waals surface area (Å²) >= 11 is 0. The van der Waals surface area contributed by atoms with E-state index >= 15 is 0 Å². The van der Waals surface area contributed by atoms with Crippen molar-refractivity contribution in [3.8, 4) is 5.88 Å². The Morgan fingerprint density at radius 3 is 2.76 bits per heavy atom. The molecule has 5 rings (SSSR count). The maximum Gasteiger partial charge on any atom is 0.416 e. The molecule has 0 aromatic carbocycles. The van der Waals surface area contributed by atoms with Gasteiger partial charge in [-0.2, -0.15) is 22.8 Å². The summed E-state index contributed by atoms with van der Waals surface area (Å²) in [4.78, 5) is 10.8. The molecular weight excluding hydrogens is 385 g/mol. The molecule has 5 heterocycles. The van der Waals surface area contributed by atoms with E-state index in [1.54, 1.807) is 6.20 Å². The van der Waals surface area contributed by atoms with E-state index in [2.05, 4.69) is 20.3 Å². The predicted molar refractivity (Wildman–Crippen MR) is 99.1 cm³/mol. The Morgan fingerprint density at radius 2 is 1.93 bits per heavy atom. The minimum atomic E-state index is -4.42. The molecular formula is C19H19F3N6O. The first kappa shape index (κ1) is 18.2. The zero-order valence-electron chi connectivity index (χ0n) is 15.5. The smallest absolute Gasteiger partial charge is 0.416 e. The van der Waals surface area contributed by atoms with Gasteiger partial charge in [0.05, 0.1) is 30.5 Å². The highest BCUT2D eigenvalue weighted by Crippen LogP contribution is 2.33. The average molecular weight is 404 g/mol. The molecule has 0 radical (unpaired) electrons. The van der Waals surface area contributed by atoms with Crippen LogP contribution in [0.3, 0.4) is 0 Å². The Morgan fingerprint density at radius 1 is 1.10 bits per heavy atom. The van der Waals surface area contributed by atoms with Crippen LogP contribution in [0.2, 0.25) is 0 Å². The normalized spacial score (nSPS) is 17.7. The molecule has 29 heavy (non-hydrogen) atoms. The van der Waals surface area contributed by atoms with Gasteiger partial charge in [-0.25, -0.2) is 9.97 Å². The van der Waals surface area contributed by atoms with Crippen molar-refractivity contribution in [3.05, 3.63) is 47.4 Å². The van der Waals surface area contributed by atoms with Crippen LogP contribution < -0.4 is 15.0 Å². The molecule has 1 saturated heterocycles. The molecule has 1 N–H and O–H groups in total. The quantitative estimate of drug-likeness (QED) is 0.721. The Labute approximate surface area is 164 Å². The summed E-state index contributed by atoms with van der Waals surface area (Å²) in [6.45, 7) is 2.86. The van der Waals surface area contributed by atoms with E-state index < -0.39 is 11.7 Å². The summed E-state index contributed by atoms with van der Waals surface area (Å²) in [6.07, 6.45) is -0.0942. The van der Waals surface area contributed by atoms with Crippen LogP contribution >= 0.6 is 0 Å². The van der Waals surface area contributed by atoms with Gasteiger partial charge in [-0.15, -0.1) is 0 Å². The number of anilines is 1. The molecule has 0 saturated carbocycles. The van der Waals surface area contributed by atoms with Crippen molar-refractivity contribution in [1.29, 1.82) is 0 Å². The number of halogens is 3. The van der Waals surface area contributed by atoms with Crippen LogP contribution in [0.1, 0.15) is 16.8 Å². The summed E-state index contributed by atoms with van der Waals surface area (Å²) in [6, 6.07) is 3.76. The van der Waals surface area contributed by atoms with Crippen LogP contribution in [0, 0.1) is 0 Å². The van der Waals surface area contributed by atoms with E-state index in [0.717, 1.165) is 61.4 Å². The molecule has 2 aliphatic rings. The number of nitrogens with zero attached hydrogens (tertiary/aromatic N) is 5. The number of pyridine rings is 1. The Bertz CT molecular complexity index is 1040. The fourth-order valence-corrected chi connectivity index (χ4v) is 3.85. The predicted octanol–water partition coefficient (Wildman–Crippen LogP) is 2.10. The number of ether oxygens (including phenoxy) is 1. The standard InChI is InChI=1S/C19H19F3N6O/c20-19(21,22)12-1-7-24-17(9-12)29-13-10-27(11-13)18-14-2-5-23-6-3-15(14)26-16-4-8-25-28(16)18/h1,4,7-9,13,23H,2-3,5-6,10-11H2. The van der Waals surface area contributed by atoms with E-state index in [4.69, 9.17) is 9.72 Å². The van der Waals surface area contributed by atoms with Crippen molar-refractivity contribution in [2.45, 2.75) is 25.1 Å². The van der Waals surface area contributed by atoms with Gasteiger partial charge in [0, 0.05) is 36.9 Å². The lowest BCUT2D eigenvalue weighted by Gasteiger charge is -2.41. The van der Waals surface area contributed by atoms with Gasteiger partial charge in [-0.3, -0.25) is 0 Å². The van der Waals surface area contributed by atoms with Crippen LogP contribution in [0.4, 0.5) is 19.0 Å². The van der Waals surface area contributed by atoms with Gasteiger partial charge in [0.1, 0.15) is 11.9 Å². The summed E-state index contributed by atoms with van der Waals surface area (Å²) < 4.78 is 46.2. The summed E-state index contributed by atoms with van der Waals surface area (Å²) in [5, 5.41) is 7.81. The van der Waals surface area contributed by atoms with Crippen molar-refractivity contribution in [2.75, 3.05) is 31.1 Å². The molecule has 3 aromatic heterocycles. The van der Waals surface area contributed by atoms with Crippen LogP contribution in [-0.2, 0) is 19.0 Å². The molecule has 0 aliphatic carbocycles. The lowest BCUT2D eigenvalue weighted by atomic mass is 10.1. The van der Waals surface area contributed by atoms with Crippen molar-refractivity contribution < 1.29 is 17.9 Å². The molecule has 3 aromatic rings. The van der Waals surface area contributed by atoms with Crippen molar-refractivity contribution in [1.82, 2.24) is 24.9 Å². The summed E-state index contributed by atoms with van der Waals surface area (Å²) in [5.41, 5.74) is 2.28. The van der Waals surface area contributed by atoms with E-state index in [1.165, 1.54) is 5.56 Å². The number of fused-ring (bicyclic) bond motifs is 2. The van der Waals surface area contributed by atoms with Gasteiger partial charge in [-0.1, -0.05) is 0 Å². The molecule has 2 aliphatic heterocycles. The Balaban J connectivity index is 1.37. The maximum atomic E-state index is 12.9. The fraction of sp³-hybridized carbons (Fsp3) is 0.421. The molecule has 7 nitrogen and oxygen atoms in total. The van der Waals surface area contributed by atoms with Crippen molar-refractivity contribution >= 4 is 11.5 Å². The number of nitrogens with one attached hydrogen (secondary N) is 1. The molecule has 0 atom stereocenters. The van der Waals surface area contributed by atoms with Gasteiger partial charge >= 0.3 is 6.18 Å². The first-order chi connectivity index (χ1) is 14.0. The monoisotopic (exact) mass is 404 g/mol. The van der Waals surface area contributed by atoms with Gasteiger partial charge in [0.25, 0.3) is 0 Å². The third kappa shape index (κ3) is 3.37. The van der Waals surface area contributed by atoms with Crippen LogP contribution in [-0.4, -0.2) is 51.9 Å². The maximum absolute atomic E-state index is 12.9. The highest BCUT2D eigenvalue weighted by atomic mass is 19.4. The van der Waals surface area contributed by atoms with Crippen LogP contribution in [0.5, 0.6) is 5.88 Å². The minimum Gasteiger partial charge on any atom is -0.471 e. The molecule has 10 heteroatoms. The summed E-state index contributed by atoms with van der Waals surface area (Å²) in [7, 11) is 0. The second kappa shape index (κ2) is 6.87. The second-order valence-corrected chi connectivity index (χ2v) is 7.24. The lowest BCUT2D eigenvalue weighted by molar-refractivity contribution is -0.137. The second-order valence-electron chi connectivity index (χ2n) is 7.24. The van der Waals surface area contributed by atoms with Crippen molar-refractivity contribution in [2.24, 2.45) is 0 Å². The van der Waals surface area contributed by atoms with Crippen LogP contribution in [0.15, 0.2) is 30.6 Å². The largest absolute Gasteiger partial charge is 0.471 e. The molecule has 0 amide bonds. The van der Waals surface area contributed by atoms with Gasteiger partial charge in [0.2, 0.25) is 5.88 Å². The van der Waals surface area contributed by atoms with Gasteiger partial charge < -0.3 is 15.0 Å².